The minimum atomic E-state index is 0.681. The molecule has 0 spiro atoms. The van der Waals surface area contributed by atoms with Crippen molar-refractivity contribution in [2.45, 2.75) is 71.0 Å². The maximum absolute atomic E-state index is 3.64. The Morgan fingerprint density at radius 2 is 2.00 bits per heavy atom. The Kier molecular flexibility index (Phi) is 5.62. The summed E-state index contributed by atoms with van der Waals surface area (Å²) in [4.78, 5) is 2.53. The van der Waals surface area contributed by atoms with Crippen LogP contribution in [0.2, 0.25) is 0 Å². The molecule has 0 aliphatic heterocycles. The third-order valence-electron chi connectivity index (χ3n) is 3.57. The van der Waals surface area contributed by atoms with Crippen LogP contribution in [0.4, 0.5) is 0 Å². The van der Waals surface area contributed by atoms with Crippen LogP contribution in [0.3, 0.4) is 0 Å². The molecule has 1 aliphatic rings. The van der Waals surface area contributed by atoms with Gasteiger partial charge in [0.2, 0.25) is 0 Å². The summed E-state index contributed by atoms with van der Waals surface area (Å²) in [5, 5.41) is 3.64. The quantitative estimate of drug-likeness (QED) is 0.665. The van der Waals surface area contributed by atoms with Gasteiger partial charge < -0.3 is 5.32 Å². The van der Waals surface area contributed by atoms with E-state index in [4.69, 9.17) is 0 Å². The van der Waals surface area contributed by atoms with Gasteiger partial charge in [0.15, 0.2) is 0 Å². The van der Waals surface area contributed by atoms with Crippen molar-refractivity contribution in [3.63, 3.8) is 0 Å². The summed E-state index contributed by atoms with van der Waals surface area (Å²) in [7, 11) is 2.26. The highest BCUT2D eigenvalue weighted by atomic mass is 15.2. The number of hydrogen-bond donors (Lipinski definition) is 1. The lowest BCUT2D eigenvalue weighted by Gasteiger charge is -2.26. The first kappa shape index (κ1) is 13.0. The van der Waals surface area contributed by atoms with Gasteiger partial charge in [0.25, 0.3) is 0 Å². The smallest absolute Gasteiger partial charge is 0.0192 e. The highest BCUT2D eigenvalue weighted by Crippen LogP contribution is 2.26. The third kappa shape index (κ3) is 4.98. The lowest BCUT2D eigenvalue weighted by molar-refractivity contribution is 0.235. The first-order valence-electron chi connectivity index (χ1n) is 6.60. The summed E-state index contributed by atoms with van der Waals surface area (Å²) in [6.07, 6.45) is 6.79. The largest absolute Gasteiger partial charge is 0.313 e. The Bertz CT molecular complexity index is 166. The summed E-state index contributed by atoms with van der Waals surface area (Å²) < 4.78 is 0. The van der Waals surface area contributed by atoms with E-state index in [1.807, 2.05) is 0 Å². The molecule has 1 aliphatic carbocycles. The zero-order valence-corrected chi connectivity index (χ0v) is 10.9. The van der Waals surface area contributed by atoms with E-state index in [1.165, 1.54) is 32.1 Å². The summed E-state index contributed by atoms with van der Waals surface area (Å²) in [5.74, 6) is 0. The second-order valence-corrected chi connectivity index (χ2v) is 5.20. The third-order valence-corrected chi connectivity index (χ3v) is 3.57. The molecule has 0 bridgehead atoms. The summed E-state index contributed by atoms with van der Waals surface area (Å²) in [5.41, 5.74) is 0. The van der Waals surface area contributed by atoms with Gasteiger partial charge in [-0.1, -0.05) is 19.8 Å². The average molecular weight is 212 g/mol. The van der Waals surface area contributed by atoms with Crippen LogP contribution >= 0.6 is 0 Å². The van der Waals surface area contributed by atoms with Gasteiger partial charge in [-0.05, 0) is 40.2 Å². The van der Waals surface area contributed by atoms with Crippen LogP contribution < -0.4 is 5.32 Å². The number of unbranched alkanes of at least 4 members (excludes halogenated alkanes) is 1. The molecule has 0 aromatic rings. The monoisotopic (exact) mass is 212 g/mol. The van der Waals surface area contributed by atoms with Crippen LogP contribution in [0.15, 0.2) is 0 Å². The normalized spacial score (nSPS) is 20.6. The molecule has 0 heterocycles. The fraction of sp³-hybridized carbons (Fsp3) is 1.00. The second kappa shape index (κ2) is 6.49. The summed E-state index contributed by atoms with van der Waals surface area (Å²) >= 11 is 0. The Morgan fingerprint density at radius 3 is 2.53 bits per heavy atom. The first-order chi connectivity index (χ1) is 7.15. The molecule has 1 fully saturated rings. The van der Waals surface area contributed by atoms with Crippen molar-refractivity contribution >= 4 is 0 Å². The molecule has 1 saturated carbocycles. The molecule has 0 aromatic heterocycles. The zero-order valence-electron chi connectivity index (χ0n) is 10.9. The van der Waals surface area contributed by atoms with Gasteiger partial charge in [-0.15, -0.1) is 0 Å². The van der Waals surface area contributed by atoms with E-state index in [1.54, 1.807) is 0 Å². The van der Waals surface area contributed by atoms with Gasteiger partial charge in [0.05, 0.1) is 0 Å². The Balaban J connectivity index is 2.06. The average Bonchev–Trinajstić information content (AvgIpc) is 3.05. The van der Waals surface area contributed by atoms with Gasteiger partial charge in [0.1, 0.15) is 0 Å². The second-order valence-electron chi connectivity index (χ2n) is 5.20. The molecule has 15 heavy (non-hydrogen) atoms. The van der Waals surface area contributed by atoms with Crippen LogP contribution in [0, 0.1) is 0 Å². The van der Waals surface area contributed by atoms with E-state index in [0.717, 1.165) is 12.6 Å². The molecule has 2 nitrogen and oxygen atoms in total. The minimum Gasteiger partial charge on any atom is -0.313 e. The maximum Gasteiger partial charge on any atom is 0.0192 e. The standard InChI is InChI=1S/C13H28N2/c1-5-6-7-11(2)14-10-12(3)15(4)13-8-9-13/h11-14H,5-10H2,1-4H3. The van der Waals surface area contributed by atoms with Crippen molar-refractivity contribution < 1.29 is 0 Å². The van der Waals surface area contributed by atoms with Crippen LogP contribution in [0.5, 0.6) is 0 Å². The summed E-state index contributed by atoms with van der Waals surface area (Å²) in [6, 6.07) is 2.24. The van der Waals surface area contributed by atoms with Crippen molar-refractivity contribution in [1.82, 2.24) is 10.2 Å². The number of likely N-dealkylation sites (N-methyl/N-ethyl adjacent to an activating group) is 1. The number of nitrogens with zero attached hydrogens (tertiary/aromatic N) is 1. The zero-order chi connectivity index (χ0) is 11.3. The number of nitrogens with one attached hydrogen (secondary N) is 1. The maximum atomic E-state index is 3.64. The Labute approximate surface area is 95.4 Å². The van der Waals surface area contributed by atoms with E-state index in [9.17, 15) is 0 Å². The molecule has 0 aromatic carbocycles. The van der Waals surface area contributed by atoms with Crippen LogP contribution in [-0.2, 0) is 0 Å². The van der Waals surface area contributed by atoms with Gasteiger partial charge >= 0.3 is 0 Å². The molecule has 1 N–H and O–H groups in total. The summed E-state index contributed by atoms with van der Waals surface area (Å²) in [6.45, 7) is 8.03. The fourth-order valence-corrected chi connectivity index (χ4v) is 1.97. The van der Waals surface area contributed by atoms with Gasteiger partial charge in [-0.3, -0.25) is 4.90 Å². The van der Waals surface area contributed by atoms with E-state index >= 15 is 0 Å². The molecule has 2 atom stereocenters. The van der Waals surface area contributed by atoms with E-state index in [-0.39, 0.29) is 0 Å². The molecule has 0 radical (unpaired) electrons. The molecule has 0 saturated heterocycles. The van der Waals surface area contributed by atoms with E-state index in [2.05, 4.69) is 38.0 Å². The van der Waals surface area contributed by atoms with Crippen molar-refractivity contribution in [3.8, 4) is 0 Å². The topological polar surface area (TPSA) is 15.3 Å². The van der Waals surface area contributed by atoms with E-state index < -0.39 is 0 Å². The van der Waals surface area contributed by atoms with Crippen LogP contribution in [0.1, 0.15) is 52.9 Å². The predicted octanol–water partition coefficient (Wildman–Crippen LogP) is 2.64. The molecule has 2 unspecified atom stereocenters. The highest BCUT2D eigenvalue weighted by molar-refractivity contribution is 4.86. The number of hydrogen-bond acceptors (Lipinski definition) is 2. The van der Waals surface area contributed by atoms with Crippen molar-refractivity contribution in [2.75, 3.05) is 13.6 Å². The minimum absolute atomic E-state index is 0.681. The van der Waals surface area contributed by atoms with Gasteiger partial charge in [-0.2, -0.15) is 0 Å². The van der Waals surface area contributed by atoms with Crippen LogP contribution in [0.25, 0.3) is 0 Å². The molecule has 1 rings (SSSR count). The van der Waals surface area contributed by atoms with Gasteiger partial charge in [-0.25, -0.2) is 0 Å². The number of rotatable bonds is 8. The lowest BCUT2D eigenvalue weighted by Crippen LogP contribution is -2.41. The molecule has 0 amide bonds. The first-order valence-corrected chi connectivity index (χ1v) is 6.60. The molecular weight excluding hydrogens is 184 g/mol. The van der Waals surface area contributed by atoms with Crippen molar-refractivity contribution in [2.24, 2.45) is 0 Å². The van der Waals surface area contributed by atoms with Crippen LogP contribution in [-0.4, -0.2) is 36.6 Å². The lowest BCUT2D eigenvalue weighted by atomic mass is 10.1. The fourth-order valence-electron chi connectivity index (χ4n) is 1.97. The Morgan fingerprint density at radius 1 is 1.33 bits per heavy atom. The predicted molar refractivity (Wildman–Crippen MR) is 67.2 cm³/mol. The molecule has 2 heteroatoms. The van der Waals surface area contributed by atoms with Crippen molar-refractivity contribution in [1.29, 1.82) is 0 Å². The SMILES string of the molecule is CCCCC(C)NCC(C)N(C)C1CC1. The molecular formula is C13H28N2. The highest BCUT2D eigenvalue weighted by Gasteiger charge is 2.28. The Hall–Kier alpha value is -0.0800. The van der Waals surface area contributed by atoms with Crippen molar-refractivity contribution in [3.05, 3.63) is 0 Å². The molecule has 90 valence electrons. The van der Waals surface area contributed by atoms with Gasteiger partial charge in [0, 0.05) is 24.7 Å². The van der Waals surface area contributed by atoms with E-state index in [0.29, 0.717) is 12.1 Å².